The molecule has 5 nitrogen and oxygen atoms in total. The summed E-state index contributed by atoms with van der Waals surface area (Å²) in [5.41, 5.74) is 1.27. The second kappa shape index (κ2) is 6.22. The van der Waals surface area contributed by atoms with Crippen molar-refractivity contribution < 1.29 is 18.3 Å². The van der Waals surface area contributed by atoms with Gasteiger partial charge in [0.25, 0.3) is 0 Å². The molecule has 1 fully saturated rings. The number of sulfonamides is 1. The molecule has 0 radical (unpaired) electrons. The molecule has 2 rings (SSSR count). The zero-order chi connectivity index (χ0) is 14.8. The van der Waals surface area contributed by atoms with E-state index in [0.717, 1.165) is 12.8 Å². The Morgan fingerprint density at radius 2 is 2.15 bits per heavy atom. The number of benzene rings is 1. The molecule has 2 atom stereocenters. The highest BCUT2D eigenvalue weighted by molar-refractivity contribution is 7.89. The molecule has 0 spiro atoms. The molecule has 20 heavy (non-hydrogen) atoms. The first-order valence-corrected chi connectivity index (χ1v) is 8.20. The van der Waals surface area contributed by atoms with Gasteiger partial charge in [0.05, 0.1) is 17.6 Å². The highest BCUT2D eigenvalue weighted by Crippen LogP contribution is 2.24. The number of aryl methyl sites for hydroxylation is 1. The van der Waals surface area contributed by atoms with Crippen LogP contribution < -0.4 is 4.72 Å². The van der Waals surface area contributed by atoms with Crippen molar-refractivity contribution in [3.05, 3.63) is 29.3 Å². The third kappa shape index (κ3) is 3.38. The fourth-order valence-electron chi connectivity index (χ4n) is 2.58. The smallest absolute Gasteiger partial charge is 0.241 e. The topological polar surface area (TPSA) is 75.6 Å². The Kier molecular flexibility index (Phi) is 4.80. The Morgan fingerprint density at radius 1 is 1.40 bits per heavy atom. The summed E-state index contributed by atoms with van der Waals surface area (Å²) in [6, 6.07) is 4.89. The Labute approximate surface area is 120 Å². The van der Waals surface area contributed by atoms with Gasteiger partial charge in [-0.25, -0.2) is 13.1 Å². The van der Waals surface area contributed by atoms with E-state index in [1.165, 1.54) is 6.07 Å². The van der Waals surface area contributed by atoms with Crippen molar-refractivity contribution in [3.8, 4) is 0 Å². The summed E-state index contributed by atoms with van der Waals surface area (Å²) in [5.74, 6) is 0. The lowest BCUT2D eigenvalue weighted by Gasteiger charge is -2.15. The van der Waals surface area contributed by atoms with Gasteiger partial charge in [-0.05, 0) is 43.4 Å². The summed E-state index contributed by atoms with van der Waals surface area (Å²) in [5, 5.41) is 9.14. The van der Waals surface area contributed by atoms with E-state index in [-0.39, 0.29) is 23.6 Å². The molecule has 1 aliphatic carbocycles. The van der Waals surface area contributed by atoms with Gasteiger partial charge in [-0.1, -0.05) is 12.1 Å². The van der Waals surface area contributed by atoms with E-state index in [0.29, 0.717) is 17.5 Å². The van der Waals surface area contributed by atoms with Gasteiger partial charge < -0.3 is 9.84 Å². The minimum Gasteiger partial charge on any atom is -0.392 e. The Morgan fingerprint density at radius 3 is 2.75 bits per heavy atom. The van der Waals surface area contributed by atoms with E-state index >= 15 is 0 Å². The fourth-order valence-corrected chi connectivity index (χ4v) is 4.15. The lowest BCUT2D eigenvalue weighted by atomic mass is 10.2. The molecule has 0 aromatic heterocycles. The van der Waals surface area contributed by atoms with Gasteiger partial charge in [0.15, 0.2) is 0 Å². The number of hydrogen-bond acceptors (Lipinski definition) is 4. The van der Waals surface area contributed by atoms with E-state index in [9.17, 15) is 8.42 Å². The predicted octanol–water partition coefficient (Wildman–Crippen LogP) is 1.33. The molecule has 1 aromatic rings. The zero-order valence-corrected chi connectivity index (χ0v) is 12.6. The maximum absolute atomic E-state index is 12.4. The predicted molar refractivity (Wildman–Crippen MR) is 75.9 cm³/mol. The fraction of sp³-hybridized carbons (Fsp3) is 0.571. The minimum absolute atomic E-state index is 0.0814. The highest BCUT2D eigenvalue weighted by Gasteiger charge is 2.29. The van der Waals surface area contributed by atoms with Crippen LogP contribution in [0.15, 0.2) is 23.1 Å². The molecule has 2 unspecified atom stereocenters. The van der Waals surface area contributed by atoms with Crippen LogP contribution in [0.4, 0.5) is 0 Å². The number of ether oxygens (including phenoxy) is 1. The number of rotatable bonds is 5. The molecule has 0 amide bonds. The van der Waals surface area contributed by atoms with Crippen LogP contribution in [0.2, 0.25) is 0 Å². The summed E-state index contributed by atoms with van der Waals surface area (Å²) in [6.45, 7) is 1.58. The molecule has 0 aliphatic heterocycles. The summed E-state index contributed by atoms with van der Waals surface area (Å²) < 4.78 is 32.9. The van der Waals surface area contributed by atoms with Crippen LogP contribution in [-0.2, 0) is 21.4 Å². The molecular weight excluding hydrogens is 278 g/mol. The first-order chi connectivity index (χ1) is 9.46. The van der Waals surface area contributed by atoms with Crippen LogP contribution in [-0.4, -0.2) is 32.8 Å². The first-order valence-electron chi connectivity index (χ1n) is 6.72. The normalized spacial score (nSPS) is 23.1. The number of aliphatic hydroxyl groups excluding tert-OH is 1. The molecule has 112 valence electrons. The van der Waals surface area contributed by atoms with Crippen LogP contribution in [0, 0.1) is 6.92 Å². The monoisotopic (exact) mass is 299 g/mol. The average Bonchev–Trinajstić information content (AvgIpc) is 2.86. The molecular formula is C14H21NO4S. The SMILES string of the molecule is COC1CCC(NS(=O)(=O)c2cc(CO)ccc2C)C1. The van der Waals surface area contributed by atoms with Crippen LogP contribution in [0.3, 0.4) is 0 Å². The lowest BCUT2D eigenvalue weighted by Crippen LogP contribution is -2.33. The molecule has 6 heteroatoms. The molecule has 2 N–H and O–H groups in total. The van der Waals surface area contributed by atoms with Crippen molar-refractivity contribution in [2.45, 2.75) is 49.8 Å². The van der Waals surface area contributed by atoms with Gasteiger partial charge in [0.2, 0.25) is 10.0 Å². The summed E-state index contributed by atoms with van der Waals surface area (Å²) in [6.07, 6.45) is 2.50. The van der Waals surface area contributed by atoms with Gasteiger partial charge in [-0.3, -0.25) is 0 Å². The van der Waals surface area contributed by atoms with Crippen LogP contribution in [0.1, 0.15) is 30.4 Å². The molecule has 1 aromatic carbocycles. The van der Waals surface area contributed by atoms with Gasteiger partial charge in [0.1, 0.15) is 0 Å². The first kappa shape index (κ1) is 15.4. The number of aliphatic hydroxyl groups is 1. The van der Waals surface area contributed by atoms with Crippen molar-refractivity contribution in [1.82, 2.24) is 4.72 Å². The number of methoxy groups -OCH3 is 1. The Bertz CT molecular complexity index is 571. The molecule has 0 heterocycles. The van der Waals surface area contributed by atoms with Crippen molar-refractivity contribution >= 4 is 10.0 Å². The van der Waals surface area contributed by atoms with Crippen molar-refractivity contribution in [3.63, 3.8) is 0 Å². The van der Waals surface area contributed by atoms with Crippen molar-refractivity contribution in [1.29, 1.82) is 0 Å². The van der Waals surface area contributed by atoms with E-state index < -0.39 is 10.0 Å². The molecule has 1 saturated carbocycles. The van der Waals surface area contributed by atoms with E-state index in [1.807, 2.05) is 0 Å². The van der Waals surface area contributed by atoms with Crippen LogP contribution >= 0.6 is 0 Å². The quantitative estimate of drug-likeness (QED) is 0.860. The average molecular weight is 299 g/mol. The van der Waals surface area contributed by atoms with E-state index in [2.05, 4.69) is 4.72 Å². The largest absolute Gasteiger partial charge is 0.392 e. The van der Waals surface area contributed by atoms with Gasteiger partial charge >= 0.3 is 0 Å². The maximum Gasteiger partial charge on any atom is 0.241 e. The van der Waals surface area contributed by atoms with E-state index in [1.54, 1.807) is 26.2 Å². The second-order valence-electron chi connectivity index (χ2n) is 5.25. The van der Waals surface area contributed by atoms with Crippen LogP contribution in [0.25, 0.3) is 0 Å². The van der Waals surface area contributed by atoms with Gasteiger partial charge in [-0.15, -0.1) is 0 Å². The summed E-state index contributed by atoms with van der Waals surface area (Å²) in [4.78, 5) is 0.241. The van der Waals surface area contributed by atoms with Gasteiger partial charge in [0, 0.05) is 13.2 Å². The maximum atomic E-state index is 12.4. The zero-order valence-electron chi connectivity index (χ0n) is 11.8. The van der Waals surface area contributed by atoms with Crippen LogP contribution in [0.5, 0.6) is 0 Å². The highest BCUT2D eigenvalue weighted by atomic mass is 32.2. The molecule has 1 aliphatic rings. The van der Waals surface area contributed by atoms with Crippen molar-refractivity contribution in [2.75, 3.05) is 7.11 Å². The van der Waals surface area contributed by atoms with Crippen molar-refractivity contribution in [2.24, 2.45) is 0 Å². The summed E-state index contributed by atoms with van der Waals surface area (Å²) >= 11 is 0. The second-order valence-corrected chi connectivity index (χ2v) is 6.93. The number of nitrogens with one attached hydrogen (secondary N) is 1. The minimum atomic E-state index is -3.56. The Balaban J connectivity index is 2.18. The third-order valence-corrected chi connectivity index (χ3v) is 5.43. The standard InChI is InChI=1S/C14H21NO4S/c1-10-3-4-11(9-16)7-14(10)20(17,18)15-12-5-6-13(8-12)19-2/h3-4,7,12-13,15-16H,5-6,8-9H2,1-2H3. The van der Waals surface area contributed by atoms with Gasteiger partial charge in [-0.2, -0.15) is 0 Å². The molecule has 0 bridgehead atoms. The molecule has 0 saturated heterocycles. The number of hydrogen-bond donors (Lipinski definition) is 2. The van der Waals surface area contributed by atoms with E-state index in [4.69, 9.17) is 9.84 Å². The Hall–Kier alpha value is -0.950. The summed E-state index contributed by atoms with van der Waals surface area (Å²) in [7, 11) is -1.91. The third-order valence-electron chi connectivity index (χ3n) is 3.76. The lowest BCUT2D eigenvalue weighted by molar-refractivity contribution is 0.107.